The fourth-order valence-corrected chi connectivity index (χ4v) is 2.50. The Morgan fingerprint density at radius 3 is 2.42 bits per heavy atom. The third kappa shape index (κ3) is 5.17. The molecule has 0 aliphatic heterocycles. The van der Waals surface area contributed by atoms with Crippen LogP contribution >= 0.6 is 11.6 Å². The molecular formula is C19H22ClNO3. The number of ether oxygens (including phenoxy) is 2. The second kappa shape index (κ2) is 9.18. The predicted octanol–water partition coefficient (Wildman–Crippen LogP) is 4.39. The van der Waals surface area contributed by atoms with Gasteiger partial charge in [-0.2, -0.15) is 0 Å². The normalized spacial score (nSPS) is 11.6. The van der Waals surface area contributed by atoms with Crippen molar-refractivity contribution < 1.29 is 14.3 Å². The van der Waals surface area contributed by atoms with Crippen molar-refractivity contribution in [2.75, 3.05) is 13.7 Å². The van der Waals surface area contributed by atoms with E-state index in [1.54, 1.807) is 7.11 Å². The molecule has 0 bridgehead atoms. The van der Waals surface area contributed by atoms with Gasteiger partial charge in [-0.15, -0.1) is 0 Å². The number of rotatable bonds is 8. The second-order valence-electron chi connectivity index (χ2n) is 5.33. The largest absolute Gasteiger partial charge is 0.493 e. The van der Waals surface area contributed by atoms with E-state index in [0.29, 0.717) is 23.1 Å². The molecule has 0 spiro atoms. The van der Waals surface area contributed by atoms with Crippen molar-refractivity contribution in [2.24, 2.45) is 0 Å². The minimum Gasteiger partial charge on any atom is -0.493 e. The van der Waals surface area contributed by atoms with Crippen LogP contribution in [0.4, 0.5) is 0 Å². The van der Waals surface area contributed by atoms with Crippen molar-refractivity contribution in [3.05, 3.63) is 59.1 Å². The highest BCUT2D eigenvalue weighted by atomic mass is 35.5. The molecule has 2 aromatic carbocycles. The molecule has 1 amide bonds. The molecule has 1 N–H and O–H groups in total. The molecule has 5 heteroatoms. The number of amides is 1. The third-order valence-electron chi connectivity index (χ3n) is 3.67. The molecule has 0 aliphatic carbocycles. The number of hydrogen-bond acceptors (Lipinski definition) is 3. The fourth-order valence-electron chi connectivity index (χ4n) is 2.37. The first-order valence-corrected chi connectivity index (χ1v) is 8.32. The van der Waals surface area contributed by atoms with Gasteiger partial charge in [-0.25, -0.2) is 0 Å². The Hall–Kier alpha value is -2.20. The van der Waals surface area contributed by atoms with E-state index >= 15 is 0 Å². The monoisotopic (exact) mass is 347 g/mol. The molecule has 0 radical (unpaired) electrons. The van der Waals surface area contributed by atoms with Crippen LogP contribution in [0.1, 0.15) is 31.4 Å². The van der Waals surface area contributed by atoms with Crippen molar-refractivity contribution in [1.29, 1.82) is 0 Å². The van der Waals surface area contributed by atoms with Crippen molar-refractivity contribution in [1.82, 2.24) is 5.32 Å². The zero-order valence-electron chi connectivity index (χ0n) is 13.9. The number of methoxy groups -OCH3 is 1. The van der Waals surface area contributed by atoms with Crippen LogP contribution in [-0.4, -0.2) is 19.6 Å². The van der Waals surface area contributed by atoms with Gasteiger partial charge < -0.3 is 14.8 Å². The van der Waals surface area contributed by atoms with Gasteiger partial charge in [0.25, 0.3) is 0 Å². The molecule has 2 aromatic rings. The zero-order valence-corrected chi connectivity index (χ0v) is 14.7. The summed E-state index contributed by atoms with van der Waals surface area (Å²) in [4.78, 5) is 12.1. The lowest BCUT2D eigenvalue weighted by molar-refractivity contribution is -0.122. The van der Waals surface area contributed by atoms with Gasteiger partial charge in [0, 0.05) is 5.02 Å². The maximum Gasteiger partial charge on any atom is 0.223 e. The average Bonchev–Trinajstić information content (AvgIpc) is 2.61. The van der Waals surface area contributed by atoms with Crippen molar-refractivity contribution >= 4 is 17.5 Å². The molecule has 0 saturated carbocycles. The fraction of sp³-hybridized carbons (Fsp3) is 0.316. The first-order chi connectivity index (χ1) is 11.6. The Morgan fingerprint density at radius 1 is 1.12 bits per heavy atom. The van der Waals surface area contributed by atoms with Crippen LogP contribution in [0.15, 0.2) is 48.5 Å². The molecule has 1 unspecified atom stereocenters. The van der Waals surface area contributed by atoms with Gasteiger partial charge in [-0.1, -0.05) is 42.8 Å². The van der Waals surface area contributed by atoms with Crippen LogP contribution in [0, 0.1) is 0 Å². The number of para-hydroxylation sites is 2. The molecule has 128 valence electrons. The first-order valence-electron chi connectivity index (χ1n) is 7.94. The summed E-state index contributed by atoms with van der Waals surface area (Å²) in [5.74, 6) is 1.25. The highest BCUT2D eigenvalue weighted by Gasteiger charge is 2.13. The zero-order chi connectivity index (χ0) is 17.4. The van der Waals surface area contributed by atoms with Crippen LogP contribution in [0.5, 0.6) is 11.5 Å². The molecule has 1 atom stereocenters. The maximum atomic E-state index is 12.1. The van der Waals surface area contributed by atoms with Gasteiger partial charge in [-0.05, 0) is 36.2 Å². The minimum absolute atomic E-state index is 0.0268. The van der Waals surface area contributed by atoms with Gasteiger partial charge in [0.2, 0.25) is 5.91 Å². The Balaban J connectivity index is 1.84. The molecule has 4 nitrogen and oxygen atoms in total. The number of hydrogen-bond donors (Lipinski definition) is 1. The number of carbonyl (C=O) groups is 1. The predicted molar refractivity (Wildman–Crippen MR) is 95.7 cm³/mol. The van der Waals surface area contributed by atoms with Crippen LogP contribution in [-0.2, 0) is 4.79 Å². The molecule has 0 saturated heterocycles. The van der Waals surface area contributed by atoms with Crippen molar-refractivity contribution in [3.63, 3.8) is 0 Å². The SMILES string of the molecule is CCC(NC(=O)CCOc1ccccc1OC)c1ccc(Cl)cc1. The summed E-state index contributed by atoms with van der Waals surface area (Å²) in [5, 5.41) is 3.71. The van der Waals surface area contributed by atoms with Crippen molar-refractivity contribution in [2.45, 2.75) is 25.8 Å². The first kappa shape index (κ1) is 18.1. The molecule has 0 aromatic heterocycles. The second-order valence-corrected chi connectivity index (χ2v) is 5.77. The summed E-state index contributed by atoms with van der Waals surface area (Å²) < 4.78 is 10.8. The van der Waals surface area contributed by atoms with E-state index in [1.165, 1.54) is 0 Å². The molecule has 0 heterocycles. The quantitative estimate of drug-likeness (QED) is 0.770. The van der Waals surface area contributed by atoms with Crippen LogP contribution in [0.25, 0.3) is 0 Å². The van der Waals surface area contributed by atoms with E-state index in [0.717, 1.165) is 12.0 Å². The van der Waals surface area contributed by atoms with E-state index in [9.17, 15) is 4.79 Å². The summed E-state index contributed by atoms with van der Waals surface area (Å²) in [6.07, 6.45) is 1.09. The molecule has 24 heavy (non-hydrogen) atoms. The van der Waals surface area contributed by atoms with Gasteiger partial charge in [0.05, 0.1) is 26.2 Å². The Labute approximate surface area is 147 Å². The number of benzene rings is 2. The van der Waals surface area contributed by atoms with Gasteiger partial charge in [0.15, 0.2) is 11.5 Å². The van der Waals surface area contributed by atoms with Crippen LogP contribution < -0.4 is 14.8 Å². The maximum absolute atomic E-state index is 12.1. The van der Waals surface area contributed by atoms with E-state index < -0.39 is 0 Å². The summed E-state index contributed by atoms with van der Waals surface area (Å²) >= 11 is 5.90. The number of nitrogens with one attached hydrogen (secondary N) is 1. The van der Waals surface area contributed by atoms with Gasteiger partial charge in [-0.3, -0.25) is 4.79 Å². The minimum atomic E-state index is -0.0494. The number of halogens is 1. The molecule has 2 rings (SSSR count). The standard InChI is InChI=1S/C19H22ClNO3/c1-3-16(14-8-10-15(20)11-9-14)21-19(22)12-13-24-18-7-5-4-6-17(18)23-2/h4-11,16H,3,12-13H2,1-2H3,(H,21,22). The van der Waals surface area contributed by atoms with E-state index in [-0.39, 0.29) is 18.4 Å². The molecular weight excluding hydrogens is 326 g/mol. The summed E-state index contributed by atoms with van der Waals surface area (Å²) in [5.41, 5.74) is 1.04. The molecule has 0 fully saturated rings. The lowest BCUT2D eigenvalue weighted by Crippen LogP contribution is -2.29. The average molecular weight is 348 g/mol. The third-order valence-corrected chi connectivity index (χ3v) is 3.92. The van der Waals surface area contributed by atoms with Crippen LogP contribution in [0.3, 0.4) is 0 Å². The summed E-state index contributed by atoms with van der Waals surface area (Å²) in [6, 6.07) is 14.9. The lowest BCUT2D eigenvalue weighted by atomic mass is 10.0. The Kier molecular flexibility index (Phi) is 6.94. The summed E-state index contributed by atoms with van der Waals surface area (Å²) in [7, 11) is 1.59. The Morgan fingerprint density at radius 2 is 1.79 bits per heavy atom. The van der Waals surface area contributed by atoms with Gasteiger partial charge >= 0.3 is 0 Å². The highest BCUT2D eigenvalue weighted by Crippen LogP contribution is 2.25. The highest BCUT2D eigenvalue weighted by molar-refractivity contribution is 6.30. The van der Waals surface area contributed by atoms with Crippen LogP contribution in [0.2, 0.25) is 5.02 Å². The topological polar surface area (TPSA) is 47.6 Å². The van der Waals surface area contributed by atoms with Crippen molar-refractivity contribution in [3.8, 4) is 11.5 Å². The smallest absolute Gasteiger partial charge is 0.223 e. The molecule has 0 aliphatic rings. The van der Waals surface area contributed by atoms with Gasteiger partial charge in [0.1, 0.15) is 0 Å². The Bertz CT molecular complexity index is 658. The summed E-state index contributed by atoms with van der Waals surface area (Å²) in [6.45, 7) is 2.33. The number of carbonyl (C=O) groups excluding carboxylic acids is 1. The van der Waals surface area contributed by atoms with E-state index in [4.69, 9.17) is 21.1 Å². The lowest BCUT2D eigenvalue weighted by Gasteiger charge is -2.18. The van der Waals surface area contributed by atoms with E-state index in [1.807, 2.05) is 55.5 Å². The van der Waals surface area contributed by atoms with E-state index in [2.05, 4.69) is 5.32 Å².